The number of thiazole rings is 1. The molecular formula is C13H20N4S2. The molecule has 0 amide bonds. The van der Waals surface area contributed by atoms with Gasteiger partial charge in [0.05, 0.1) is 15.6 Å². The van der Waals surface area contributed by atoms with Gasteiger partial charge in [-0.15, -0.1) is 21.5 Å². The van der Waals surface area contributed by atoms with Crippen molar-refractivity contribution in [2.45, 2.75) is 46.0 Å². The van der Waals surface area contributed by atoms with E-state index in [1.165, 1.54) is 4.88 Å². The van der Waals surface area contributed by atoms with Gasteiger partial charge >= 0.3 is 0 Å². The quantitative estimate of drug-likeness (QED) is 0.925. The number of anilines is 1. The second-order valence-electron chi connectivity index (χ2n) is 5.80. The first-order valence-electron chi connectivity index (χ1n) is 6.35. The van der Waals surface area contributed by atoms with Gasteiger partial charge in [-0.25, -0.2) is 4.98 Å². The molecule has 2 rings (SSSR count). The Morgan fingerprint density at radius 1 is 1.11 bits per heavy atom. The fourth-order valence-electron chi connectivity index (χ4n) is 1.61. The van der Waals surface area contributed by atoms with Crippen LogP contribution in [-0.4, -0.2) is 22.2 Å². The zero-order chi connectivity index (χ0) is 14.2. The SMILES string of the molecule is CNc1nnc(-c2sc(C(C)(C)C)nc2C(C)C)s1. The molecule has 0 aliphatic rings. The van der Waals surface area contributed by atoms with Crippen LogP contribution in [0.2, 0.25) is 0 Å². The fraction of sp³-hybridized carbons (Fsp3) is 0.615. The molecule has 0 fully saturated rings. The molecule has 19 heavy (non-hydrogen) atoms. The summed E-state index contributed by atoms with van der Waals surface area (Å²) in [5.41, 5.74) is 1.21. The van der Waals surface area contributed by atoms with Crippen molar-refractivity contribution in [3.63, 3.8) is 0 Å². The summed E-state index contributed by atoms with van der Waals surface area (Å²) in [6, 6.07) is 0. The van der Waals surface area contributed by atoms with E-state index in [-0.39, 0.29) is 5.41 Å². The van der Waals surface area contributed by atoms with Crippen LogP contribution >= 0.6 is 22.7 Å². The lowest BCUT2D eigenvalue weighted by Gasteiger charge is -2.13. The molecule has 0 bridgehead atoms. The van der Waals surface area contributed by atoms with E-state index >= 15 is 0 Å². The highest BCUT2D eigenvalue weighted by atomic mass is 32.1. The molecule has 0 aliphatic heterocycles. The van der Waals surface area contributed by atoms with Crippen LogP contribution in [0.5, 0.6) is 0 Å². The number of hydrogen-bond donors (Lipinski definition) is 1. The van der Waals surface area contributed by atoms with Gasteiger partial charge in [0.2, 0.25) is 5.13 Å². The average Bonchev–Trinajstić information content (AvgIpc) is 2.94. The predicted octanol–water partition coefficient (Wildman–Crippen LogP) is 4.12. The largest absolute Gasteiger partial charge is 0.363 e. The maximum atomic E-state index is 4.83. The topological polar surface area (TPSA) is 50.7 Å². The van der Waals surface area contributed by atoms with Gasteiger partial charge in [-0.05, 0) is 5.92 Å². The minimum absolute atomic E-state index is 0.0725. The van der Waals surface area contributed by atoms with Crippen LogP contribution in [0.3, 0.4) is 0 Å². The van der Waals surface area contributed by atoms with Gasteiger partial charge in [0, 0.05) is 12.5 Å². The van der Waals surface area contributed by atoms with Gasteiger partial charge in [0.25, 0.3) is 0 Å². The van der Waals surface area contributed by atoms with Gasteiger partial charge in [-0.2, -0.15) is 0 Å². The summed E-state index contributed by atoms with van der Waals surface area (Å²) in [4.78, 5) is 6.00. The van der Waals surface area contributed by atoms with E-state index in [4.69, 9.17) is 4.98 Å². The first kappa shape index (κ1) is 14.4. The summed E-state index contributed by atoms with van der Waals surface area (Å²) >= 11 is 3.32. The Morgan fingerprint density at radius 2 is 1.79 bits per heavy atom. The van der Waals surface area contributed by atoms with Crippen molar-refractivity contribution in [1.29, 1.82) is 0 Å². The molecule has 104 valence electrons. The maximum Gasteiger partial charge on any atom is 0.205 e. The fourth-order valence-corrected chi connectivity index (χ4v) is 3.67. The summed E-state index contributed by atoms with van der Waals surface area (Å²) in [7, 11) is 1.86. The first-order valence-corrected chi connectivity index (χ1v) is 7.99. The van der Waals surface area contributed by atoms with Crippen molar-refractivity contribution in [3.05, 3.63) is 10.7 Å². The Kier molecular flexibility index (Phi) is 3.92. The molecule has 0 atom stereocenters. The van der Waals surface area contributed by atoms with Crippen LogP contribution in [0.1, 0.15) is 51.2 Å². The predicted molar refractivity (Wildman–Crippen MR) is 83.4 cm³/mol. The lowest BCUT2D eigenvalue weighted by Crippen LogP contribution is -2.10. The van der Waals surface area contributed by atoms with Crippen LogP contribution in [0.4, 0.5) is 5.13 Å². The van der Waals surface area contributed by atoms with Gasteiger partial charge in [-0.3, -0.25) is 0 Å². The molecular weight excluding hydrogens is 276 g/mol. The number of hydrogen-bond acceptors (Lipinski definition) is 6. The smallest absolute Gasteiger partial charge is 0.205 e. The van der Waals surface area contributed by atoms with Crippen molar-refractivity contribution >= 4 is 27.8 Å². The molecule has 2 aromatic heterocycles. The number of nitrogens with one attached hydrogen (secondary N) is 1. The van der Waals surface area contributed by atoms with E-state index in [0.717, 1.165) is 20.8 Å². The van der Waals surface area contributed by atoms with Gasteiger partial charge < -0.3 is 5.32 Å². The van der Waals surface area contributed by atoms with E-state index in [0.29, 0.717) is 5.92 Å². The molecule has 2 heterocycles. The monoisotopic (exact) mass is 296 g/mol. The maximum absolute atomic E-state index is 4.83. The second-order valence-corrected chi connectivity index (χ2v) is 7.78. The van der Waals surface area contributed by atoms with Crippen molar-refractivity contribution < 1.29 is 0 Å². The molecule has 4 nitrogen and oxygen atoms in total. The minimum atomic E-state index is 0.0725. The lowest BCUT2D eigenvalue weighted by molar-refractivity contribution is 0.581. The van der Waals surface area contributed by atoms with E-state index in [1.54, 1.807) is 22.7 Å². The van der Waals surface area contributed by atoms with Crippen LogP contribution in [0, 0.1) is 0 Å². The van der Waals surface area contributed by atoms with Crippen LogP contribution in [0.15, 0.2) is 0 Å². The van der Waals surface area contributed by atoms with E-state index in [1.807, 2.05) is 7.05 Å². The van der Waals surface area contributed by atoms with Gasteiger partial charge in [0.1, 0.15) is 0 Å². The highest BCUT2D eigenvalue weighted by molar-refractivity contribution is 7.23. The molecule has 0 aromatic carbocycles. The Bertz CT molecular complexity index is 563. The Morgan fingerprint density at radius 3 is 2.26 bits per heavy atom. The van der Waals surface area contributed by atoms with Gasteiger partial charge in [-0.1, -0.05) is 46.0 Å². The van der Waals surface area contributed by atoms with Crippen molar-refractivity contribution in [3.8, 4) is 9.88 Å². The first-order chi connectivity index (χ1) is 8.82. The number of rotatable bonds is 3. The summed E-state index contributed by atoms with van der Waals surface area (Å²) in [5.74, 6) is 0.393. The van der Waals surface area contributed by atoms with Crippen LogP contribution in [0.25, 0.3) is 9.88 Å². The normalized spacial score (nSPS) is 12.2. The molecule has 1 N–H and O–H groups in total. The third-order valence-corrected chi connectivity index (χ3v) is 5.27. The van der Waals surface area contributed by atoms with E-state index in [2.05, 4.69) is 50.1 Å². The van der Waals surface area contributed by atoms with Crippen molar-refractivity contribution in [2.75, 3.05) is 12.4 Å². The summed E-state index contributed by atoms with van der Waals surface area (Å²) in [6.45, 7) is 10.9. The van der Waals surface area contributed by atoms with Crippen LogP contribution in [-0.2, 0) is 5.41 Å². The standard InChI is InChI=1S/C13H20N4S2/c1-7(2)8-9(10-16-17-12(14-6)19-10)18-11(15-8)13(3,4)5/h7H,1-6H3,(H,14,17). The molecule has 0 aliphatic carbocycles. The Hall–Kier alpha value is -1.01. The summed E-state index contributed by atoms with van der Waals surface area (Å²) < 4.78 is 0. The summed E-state index contributed by atoms with van der Waals surface area (Å²) in [6.07, 6.45) is 0. The number of nitrogens with zero attached hydrogens (tertiary/aromatic N) is 3. The van der Waals surface area contributed by atoms with E-state index < -0.39 is 0 Å². The van der Waals surface area contributed by atoms with Crippen molar-refractivity contribution in [2.24, 2.45) is 0 Å². The molecule has 0 saturated carbocycles. The molecule has 0 saturated heterocycles. The Balaban J connectivity index is 2.52. The highest BCUT2D eigenvalue weighted by Crippen LogP contribution is 2.40. The third-order valence-electron chi connectivity index (χ3n) is 2.67. The lowest BCUT2D eigenvalue weighted by atomic mass is 9.98. The second kappa shape index (κ2) is 5.17. The van der Waals surface area contributed by atoms with Gasteiger partial charge in [0.15, 0.2) is 5.01 Å². The molecule has 0 radical (unpaired) electrons. The third kappa shape index (κ3) is 2.95. The highest BCUT2D eigenvalue weighted by Gasteiger charge is 2.25. The van der Waals surface area contributed by atoms with E-state index in [9.17, 15) is 0 Å². The molecule has 0 spiro atoms. The zero-order valence-corrected chi connectivity index (χ0v) is 13.9. The van der Waals surface area contributed by atoms with Crippen LogP contribution < -0.4 is 5.32 Å². The molecule has 0 unspecified atom stereocenters. The minimum Gasteiger partial charge on any atom is -0.363 e. The average molecular weight is 296 g/mol. The molecule has 2 aromatic rings. The molecule has 6 heteroatoms. The zero-order valence-electron chi connectivity index (χ0n) is 12.2. The summed E-state index contributed by atoms with van der Waals surface area (Å²) in [5, 5.41) is 14.4. The van der Waals surface area contributed by atoms with Crippen molar-refractivity contribution in [1.82, 2.24) is 15.2 Å². The Labute approximate surface area is 122 Å². The number of aromatic nitrogens is 3.